The molecule has 0 unspecified atom stereocenters. The van der Waals surface area contributed by atoms with E-state index in [4.69, 9.17) is 4.74 Å². The molecule has 0 N–H and O–H groups in total. The predicted octanol–water partition coefficient (Wildman–Crippen LogP) is -0.323. The van der Waals surface area contributed by atoms with Crippen molar-refractivity contribution < 1.29 is 4.74 Å². The number of hydrogen-bond donors (Lipinski definition) is 0. The standard InChI is InChI=1S/C4H4GeOSi/c5-1-2-6-3-4-7/h1-2H2. The summed E-state index contributed by atoms with van der Waals surface area (Å²) >= 11 is 2.04. The Labute approximate surface area is 55.5 Å². The zero-order valence-corrected chi connectivity index (χ0v) is 6.92. The van der Waals surface area contributed by atoms with E-state index in [0.717, 1.165) is 11.9 Å². The van der Waals surface area contributed by atoms with Crippen LogP contribution in [-0.2, 0) is 4.74 Å². The van der Waals surface area contributed by atoms with Crippen molar-refractivity contribution in [3.05, 3.63) is 0 Å². The fourth-order valence-electron chi connectivity index (χ4n) is 0.138. The van der Waals surface area contributed by atoms with Gasteiger partial charge in [0.2, 0.25) is 0 Å². The average Bonchev–Trinajstić information content (AvgIpc) is 1.69. The van der Waals surface area contributed by atoms with Gasteiger partial charge in [-0.25, -0.2) is 0 Å². The monoisotopic (exact) mass is 170 g/mol. The maximum absolute atomic E-state index is 4.72. The van der Waals surface area contributed by atoms with Crippen LogP contribution in [0.4, 0.5) is 0 Å². The summed E-state index contributed by atoms with van der Waals surface area (Å²) in [5.41, 5.74) is 2.44. The minimum atomic E-state index is 0.720. The third-order valence-electron chi connectivity index (χ3n) is 0.327. The first-order valence-corrected chi connectivity index (χ1v) is 3.83. The molecule has 0 aliphatic carbocycles. The van der Waals surface area contributed by atoms with Gasteiger partial charge in [0, 0.05) is 0 Å². The fraction of sp³-hybridized carbons (Fsp3) is 0.500. The Morgan fingerprint density at radius 1 is 1.71 bits per heavy atom. The van der Waals surface area contributed by atoms with Crippen molar-refractivity contribution in [2.45, 2.75) is 5.25 Å². The van der Waals surface area contributed by atoms with Crippen LogP contribution in [0.5, 0.6) is 0 Å². The van der Waals surface area contributed by atoms with Crippen molar-refractivity contribution in [3.8, 4) is 11.7 Å². The van der Waals surface area contributed by atoms with Crippen molar-refractivity contribution in [2.75, 3.05) is 6.61 Å². The molecule has 0 heterocycles. The summed E-state index contributed by atoms with van der Waals surface area (Å²) in [4.78, 5) is 0. The van der Waals surface area contributed by atoms with Crippen molar-refractivity contribution in [3.63, 3.8) is 0 Å². The van der Waals surface area contributed by atoms with E-state index in [9.17, 15) is 0 Å². The molecule has 0 aromatic heterocycles. The number of rotatable bonds is 2. The van der Waals surface area contributed by atoms with Crippen molar-refractivity contribution in [1.82, 2.24) is 0 Å². The van der Waals surface area contributed by atoms with Gasteiger partial charge in [-0.15, -0.1) is 0 Å². The third-order valence-corrected chi connectivity index (χ3v) is 0.858. The van der Waals surface area contributed by atoms with E-state index >= 15 is 0 Å². The van der Waals surface area contributed by atoms with Gasteiger partial charge < -0.3 is 0 Å². The SMILES string of the molecule is [Si]C#COC[CH2][Ge]. The molecule has 7 heavy (non-hydrogen) atoms. The van der Waals surface area contributed by atoms with Crippen molar-refractivity contribution in [2.24, 2.45) is 0 Å². The van der Waals surface area contributed by atoms with Gasteiger partial charge in [0.25, 0.3) is 0 Å². The number of hydrogen-bond acceptors (Lipinski definition) is 1. The molecule has 0 aliphatic rings. The van der Waals surface area contributed by atoms with Gasteiger partial charge in [-0.1, -0.05) is 0 Å². The fourth-order valence-corrected chi connectivity index (χ4v) is 0.424. The summed E-state index contributed by atoms with van der Waals surface area (Å²) in [7, 11) is 2.94. The van der Waals surface area contributed by atoms with Crippen LogP contribution in [-0.4, -0.2) is 33.4 Å². The van der Waals surface area contributed by atoms with Crippen LogP contribution in [0.25, 0.3) is 0 Å². The predicted molar refractivity (Wildman–Crippen MR) is 30.0 cm³/mol. The Balaban J connectivity index is 2.78. The topological polar surface area (TPSA) is 9.23 Å². The summed E-state index contributed by atoms with van der Waals surface area (Å²) in [6.07, 6.45) is 2.41. The van der Waals surface area contributed by atoms with Gasteiger partial charge in [-0.05, 0) is 0 Å². The van der Waals surface area contributed by atoms with Crippen LogP contribution in [0, 0.1) is 11.7 Å². The second kappa shape index (κ2) is 6.12. The summed E-state index contributed by atoms with van der Waals surface area (Å²) in [6, 6.07) is 0. The van der Waals surface area contributed by atoms with Crippen molar-refractivity contribution >= 4 is 26.8 Å². The van der Waals surface area contributed by atoms with Crippen LogP contribution < -0.4 is 0 Å². The quantitative estimate of drug-likeness (QED) is 0.312. The minimum absolute atomic E-state index is 0.720. The molecule has 0 amide bonds. The number of ether oxygens (including phenoxy) is 1. The van der Waals surface area contributed by atoms with Crippen LogP contribution in [0.1, 0.15) is 0 Å². The van der Waals surface area contributed by atoms with E-state index in [0.29, 0.717) is 0 Å². The molecular weight excluding hydrogens is 165 g/mol. The molecule has 0 aromatic carbocycles. The Hall–Kier alpha value is 0.120. The summed E-state index contributed by atoms with van der Waals surface area (Å²) in [5, 5.41) is 1.01. The zero-order chi connectivity index (χ0) is 5.54. The Morgan fingerprint density at radius 2 is 2.43 bits per heavy atom. The van der Waals surface area contributed by atoms with E-state index in [1.54, 1.807) is 0 Å². The van der Waals surface area contributed by atoms with Crippen LogP contribution in [0.3, 0.4) is 0 Å². The Kier molecular flexibility index (Phi) is 6.22. The van der Waals surface area contributed by atoms with E-state index in [2.05, 4.69) is 21.9 Å². The first-order valence-electron chi connectivity index (χ1n) is 1.85. The van der Waals surface area contributed by atoms with E-state index in [1.165, 1.54) is 0 Å². The Bertz CT molecular complexity index is 83.4. The molecule has 0 aliphatic heterocycles. The van der Waals surface area contributed by atoms with Gasteiger partial charge in [-0.2, -0.15) is 0 Å². The van der Waals surface area contributed by atoms with Gasteiger partial charge in [0.15, 0.2) is 0 Å². The molecule has 0 atom stereocenters. The third kappa shape index (κ3) is 6.12. The van der Waals surface area contributed by atoms with E-state index < -0.39 is 0 Å². The second-order valence-electron chi connectivity index (χ2n) is 0.826. The van der Waals surface area contributed by atoms with Crippen LogP contribution >= 0.6 is 0 Å². The van der Waals surface area contributed by atoms with E-state index in [-0.39, 0.29) is 0 Å². The molecule has 3 heteroatoms. The van der Waals surface area contributed by atoms with Gasteiger partial charge in [0.05, 0.1) is 0 Å². The second-order valence-corrected chi connectivity index (χ2v) is 2.12. The molecule has 0 saturated carbocycles. The molecule has 0 fully saturated rings. The van der Waals surface area contributed by atoms with Gasteiger partial charge in [0.1, 0.15) is 0 Å². The molecule has 0 bridgehead atoms. The van der Waals surface area contributed by atoms with E-state index in [1.807, 2.05) is 16.5 Å². The molecule has 0 aromatic rings. The molecule has 1 nitrogen and oxygen atoms in total. The molecule has 0 spiro atoms. The first-order chi connectivity index (χ1) is 3.41. The zero-order valence-electron chi connectivity index (χ0n) is 3.82. The summed E-state index contributed by atoms with van der Waals surface area (Å²) in [6.45, 7) is 0.720. The van der Waals surface area contributed by atoms with Crippen LogP contribution in [0.2, 0.25) is 5.25 Å². The summed E-state index contributed by atoms with van der Waals surface area (Å²) in [5.74, 6) is 0. The van der Waals surface area contributed by atoms with Crippen LogP contribution in [0.15, 0.2) is 0 Å². The molecule has 34 valence electrons. The molecule has 0 rings (SSSR count). The average molecular weight is 169 g/mol. The molecule has 0 saturated heterocycles. The Morgan fingerprint density at radius 3 is 2.86 bits per heavy atom. The van der Waals surface area contributed by atoms with Crippen molar-refractivity contribution in [1.29, 1.82) is 0 Å². The van der Waals surface area contributed by atoms with Gasteiger partial charge in [-0.3, -0.25) is 0 Å². The first kappa shape index (κ1) is 7.12. The summed E-state index contributed by atoms with van der Waals surface area (Å²) < 4.78 is 4.72. The normalized spacial score (nSPS) is 6.57. The molecular formula is C4H4GeOSi. The van der Waals surface area contributed by atoms with Gasteiger partial charge >= 0.3 is 55.0 Å². The molecule has 6 radical (unpaired) electrons. The maximum atomic E-state index is 4.72.